The molecule has 5 nitrogen and oxygen atoms in total. The first-order valence-corrected chi connectivity index (χ1v) is 4.58. The number of hydrogen-bond acceptors (Lipinski definition) is 3. The summed E-state index contributed by atoms with van der Waals surface area (Å²) >= 11 is 0. The van der Waals surface area contributed by atoms with Crippen LogP contribution in [0.15, 0.2) is 12.3 Å². The van der Waals surface area contributed by atoms with Crippen molar-refractivity contribution in [3.05, 3.63) is 23.5 Å². The number of carboxylic acid groups (broad SMARTS) is 1. The first-order valence-electron chi connectivity index (χ1n) is 4.58. The molecule has 2 rings (SSSR count). The Kier molecular flexibility index (Phi) is 2.15. The Bertz CT molecular complexity index is 531. The zero-order valence-corrected chi connectivity index (χ0v) is 8.56. The minimum Gasteiger partial charge on any atom is -0.481 e. The highest BCUT2D eigenvalue weighted by Crippen LogP contribution is 2.16. The maximum Gasteiger partial charge on any atom is 0.307 e. The topological polar surface area (TPSA) is 68.0 Å². The molecule has 0 aliphatic carbocycles. The fourth-order valence-corrected chi connectivity index (χ4v) is 1.62. The first kappa shape index (κ1) is 9.64. The second-order valence-corrected chi connectivity index (χ2v) is 3.49. The van der Waals surface area contributed by atoms with Gasteiger partial charge in [0.1, 0.15) is 0 Å². The van der Waals surface area contributed by atoms with Crippen LogP contribution in [0.4, 0.5) is 0 Å². The molecule has 0 amide bonds. The molecule has 0 unspecified atom stereocenters. The van der Waals surface area contributed by atoms with Crippen LogP contribution >= 0.6 is 0 Å². The Morgan fingerprint density at radius 2 is 2.33 bits per heavy atom. The van der Waals surface area contributed by atoms with Crippen LogP contribution in [-0.4, -0.2) is 25.8 Å². The third kappa shape index (κ3) is 1.68. The summed E-state index contributed by atoms with van der Waals surface area (Å²) in [5, 5.41) is 13.8. The molecular weight excluding hydrogens is 194 g/mol. The van der Waals surface area contributed by atoms with Crippen LogP contribution in [0.1, 0.15) is 11.3 Å². The van der Waals surface area contributed by atoms with Gasteiger partial charge in [-0.1, -0.05) is 0 Å². The highest BCUT2D eigenvalue weighted by molar-refractivity contribution is 5.80. The van der Waals surface area contributed by atoms with E-state index < -0.39 is 5.97 Å². The second kappa shape index (κ2) is 3.34. The van der Waals surface area contributed by atoms with Gasteiger partial charge in [-0.15, -0.1) is 0 Å². The Balaban J connectivity index is 2.55. The van der Waals surface area contributed by atoms with Gasteiger partial charge < -0.3 is 5.11 Å². The summed E-state index contributed by atoms with van der Waals surface area (Å²) in [4.78, 5) is 14.7. The third-order valence-electron chi connectivity index (χ3n) is 2.27. The van der Waals surface area contributed by atoms with Crippen LogP contribution in [-0.2, 0) is 18.3 Å². The van der Waals surface area contributed by atoms with E-state index in [0.717, 1.165) is 16.7 Å². The van der Waals surface area contributed by atoms with E-state index in [9.17, 15) is 4.79 Å². The van der Waals surface area contributed by atoms with Gasteiger partial charge in [0.05, 0.1) is 12.1 Å². The van der Waals surface area contributed by atoms with E-state index >= 15 is 0 Å². The fourth-order valence-electron chi connectivity index (χ4n) is 1.62. The molecule has 0 bridgehead atoms. The van der Waals surface area contributed by atoms with E-state index in [1.54, 1.807) is 10.9 Å². The lowest BCUT2D eigenvalue weighted by molar-refractivity contribution is -0.136. The number of pyridine rings is 1. The molecule has 78 valence electrons. The Hall–Kier alpha value is -1.91. The molecule has 2 aromatic heterocycles. The van der Waals surface area contributed by atoms with Crippen molar-refractivity contribution in [2.75, 3.05) is 0 Å². The van der Waals surface area contributed by atoms with Gasteiger partial charge in [0.2, 0.25) is 0 Å². The molecule has 2 aromatic rings. The average Bonchev–Trinajstić information content (AvgIpc) is 2.41. The van der Waals surface area contributed by atoms with Gasteiger partial charge >= 0.3 is 5.97 Å². The molecule has 0 aromatic carbocycles. The van der Waals surface area contributed by atoms with Crippen molar-refractivity contribution in [1.82, 2.24) is 14.8 Å². The predicted octanol–water partition coefficient (Wildman–Crippen LogP) is 0.904. The molecule has 0 saturated carbocycles. The minimum atomic E-state index is -0.849. The van der Waals surface area contributed by atoms with E-state index in [2.05, 4.69) is 10.1 Å². The maximum atomic E-state index is 10.5. The highest BCUT2D eigenvalue weighted by Gasteiger charge is 2.08. The molecule has 0 aliphatic rings. The quantitative estimate of drug-likeness (QED) is 0.791. The molecule has 0 fully saturated rings. The zero-order chi connectivity index (χ0) is 11.0. The summed E-state index contributed by atoms with van der Waals surface area (Å²) in [5.41, 5.74) is 2.35. The number of carbonyl (C=O) groups is 1. The molecule has 2 heterocycles. The van der Waals surface area contributed by atoms with E-state index in [-0.39, 0.29) is 6.42 Å². The van der Waals surface area contributed by atoms with Crippen LogP contribution in [0, 0.1) is 6.92 Å². The maximum absolute atomic E-state index is 10.5. The van der Waals surface area contributed by atoms with E-state index in [1.165, 1.54) is 0 Å². The van der Waals surface area contributed by atoms with E-state index in [0.29, 0.717) is 5.56 Å². The summed E-state index contributed by atoms with van der Waals surface area (Å²) in [6.45, 7) is 1.88. The predicted molar refractivity (Wildman–Crippen MR) is 54.6 cm³/mol. The lowest BCUT2D eigenvalue weighted by Crippen LogP contribution is -2.00. The van der Waals surface area contributed by atoms with Gasteiger partial charge in [0.15, 0.2) is 5.65 Å². The van der Waals surface area contributed by atoms with Crippen molar-refractivity contribution in [3.63, 3.8) is 0 Å². The summed E-state index contributed by atoms with van der Waals surface area (Å²) in [6, 6.07) is 1.83. The molecule has 15 heavy (non-hydrogen) atoms. The number of nitrogens with zero attached hydrogens (tertiary/aromatic N) is 3. The van der Waals surface area contributed by atoms with Gasteiger partial charge in [-0.25, -0.2) is 4.98 Å². The summed E-state index contributed by atoms with van der Waals surface area (Å²) in [6.07, 6.45) is 1.58. The molecule has 1 N–H and O–H groups in total. The Morgan fingerprint density at radius 3 is 3.00 bits per heavy atom. The number of aromatic nitrogens is 3. The highest BCUT2D eigenvalue weighted by atomic mass is 16.4. The van der Waals surface area contributed by atoms with Crippen LogP contribution < -0.4 is 0 Å². The van der Waals surface area contributed by atoms with Crippen LogP contribution in [0.5, 0.6) is 0 Å². The fraction of sp³-hybridized carbons (Fsp3) is 0.300. The van der Waals surface area contributed by atoms with Crippen molar-refractivity contribution < 1.29 is 9.90 Å². The largest absolute Gasteiger partial charge is 0.481 e. The number of aliphatic carboxylic acids is 1. The van der Waals surface area contributed by atoms with Crippen molar-refractivity contribution in [2.45, 2.75) is 13.3 Å². The van der Waals surface area contributed by atoms with Gasteiger partial charge in [-0.05, 0) is 18.6 Å². The zero-order valence-electron chi connectivity index (χ0n) is 8.56. The average molecular weight is 205 g/mol. The summed E-state index contributed by atoms with van der Waals surface area (Å²) in [5.74, 6) is -0.849. The molecular formula is C10H11N3O2. The number of aryl methyl sites for hydroxylation is 2. The molecule has 0 aliphatic heterocycles. The van der Waals surface area contributed by atoms with Gasteiger partial charge in [-0.2, -0.15) is 5.10 Å². The van der Waals surface area contributed by atoms with Gasteiger partial charge in [-0.3, -0.25) is 9.48 Å². The molecule has 5 heteroatoms. The number of carboxylic acids is 1. The Morgan fingerprint density at radius 1 is 1.60 bits per heavy atom. The van der Waals surface area contributed by atoms with Crippen molar-refractivity contribution >= 4 is 17.0 Å². The van der Waals surface area contributed by atoms with Crippen molar-refractivity contribution in [2.24, 2.45) is 7.05 Å². The minimum absolute atomic E-state index is 0.00270. The SMILES string of the molecule is Cc1nn(C)c2ncc(CC(=O)O)cc12. The molecule has 0 spiro atoms. The molecule has 0 atom stereocenters. The summed E-state index contributed by atoms with van der Waals surface area (Å²) in [7, 11) is 1.82. The normalized spacial score (nSPS) is 10.8. The van der Waals surface area contributed by atoms with E-state index in [4.69, 9.17) is 5.11 Å². The first-order chi connectivity index (χ1) is 7.08. The van der Waals surface area contributed by atoms with Crippen LogP contribution in [0.3, 0.4) is 0 Å². The summed E-state index contributed by atoms with van der Waals surface area (Å²) < 4.78 is 1.69. The van der Waals surface area contributed by atoms with Crippen molar-refractivity contribution in [3.8, 4) is 0 Å². The molecule has 0 radical (unpaired) electrons. The molecule has 0 saturated heterocycles. The number of hydrogen-bond donors (Lipinski definition) is 1. The number of rotatable bonds is 2. The lowest BCUT2D eigenvalue weighted by Gasteiger charge is -1.97. The second-order valence-electron chi connectivity index (χ2n) is 3.49. The monoisotopic (exact) mass is 205 g/mol. The standard InChI is InChI=1S/C10H11N3O2/c1-6-8-3-7(4-9(14)15)5-11-10(8)13(2)12-6/h3,5H,4H2,1-2H3,(H,14,15). The van der Waals surface area contributed by atoms with Crippen molar-refractivity contribution in [1.29, 1.82) is 0 Å². The lowest BCUT2D eigenvalue weighted by atomic mass is 10.1. The number of fused-ring (bicyclic) bond motifs is 1. The van der Waals surface area contributed by atoms with E-state index in [1.807, 2.05) is 20.0 Å². The Labute approximate surface area is 86.4 Å². The van der Waals surface area contributed by atoms with Gasteiger partial charge in [0, 0.05) is 18.6 Å². The smallest absolute Gasteiger partial charge is 0.307 e. The van der Waals surface area contributed by atoms with Crippen LogP contribution in [0.2, 0.25) is 0 Å². The van der Waals surface area contributed by atoms with Crippen LogP contribution in [0.25, 0.3) is 11.0 Å². The third-order valence-corrected chi connectivity index (χ3v) is 2.27. The van der Waals surface area contributed by atoms with Gasteiger partial charge in [0.25, 0.3) is 0 Å².